The van der Waals surface area contributed by atoms with Crippen molar-refractivity contribution < 1.29 is 8.42 Å². The first-order chi connectivity index (χ1) is 9.61. The van der Waals surface area contributed by atoms with Gasteiger partial charge in [0.1, 0.15) is 0 Å². The highest BCUT2D eigenvalue weighted by atomic mass is 35.5. The van der Waals surface area contributed by atoms with Gasteiger partial charge in [0.15, 0.2) is 5.03 Å². The van der Waals surface area contributed by atoms with Crippen LogP contribution in [-0.2, 0) is 15.9 Å². The molecule has 1 atom stereocenters. The van der Waals surface area contributed by atoms with Crippen molar-refractivity contribution in [2.45, 2.75) is 29.8 Å². The predicted octanol–water partition coefficient (Wildman–Crippen LogP) is 1.29. The van der Waals surface area contributed by atoms with Crippen LogP contribution in [0.2, 0.25) is 0 Å². The maximum absolute atomic E-state index is 12.6. The van der Waals surface area contributed by atoms with Gasteiger partial charge in [-0.1, -0.05) is 6.07 Å². The Morgan fingerprint density at radius 1 is 1.30 bits per heavy atom. The van der Waals surface area contributed by atoms with Gasteiger partial charge in [-0.05, 0) is 31.0 Å². The summed E-state index contributed by atoms with van der Waals surface area (Å²) in [6, 6.07) is 3.65. The fourth-order valence-electron chi connectivity index (χ4n) is 2.96. The maximum Gasteiger partial charge on any atom is 0.260 e. The molecule has 0 radical (unpaired) electrons. The molecule has 0 bridgehead atoms. The van der Waals surface area contributed by atoms with Crippen molar-refractivity contribution in [3.05, 3.63) is 23.9 Å². The molecule has 1 aromatic rings. The van der Waals surface area contributed by atoms with Gasteiger partial charge in [-0.25, -0.2) is 13.4 Å². The average molecular weight is 316 g/mol. The normalized spacial score (nSPS) is 24.8. The smallest absolute Gasteiger partial charge is 0.260 e. The molecular formula is C13H18ClN3O2S. The van der Waals surface area contributed by atoms with Crippen molar-refractivity contribution in [2.24, 2.45) is 0 Å². The van der Waals surface area contributed by atoms with Gasteiger partial charge < -0.3 is 0 Å². The molecule has 3 rings (SSSR count). The number of aromatic nitrogens is 1. The zero-order chi connectivity index (χ0) is 14.2. The van der Waals surface area contributed by atoms with E-state index in [-0.39, 0.29) is 5.03 Å². The number of hydrogen-bond donors (Lipinski definition) is 0. The summed E-state index contributed by atoms with van der Waals surface area (Å²) in [4.78, 5) is 6.44. The summed E-state index contributed by atoms with van der Waals surface area (Å²) in [7, 11) is -3.47. The van der Waals surface area contributed by atoms with Gasteiger partial charge in [-0.15, -0.1) is 11.6 Å². The lowest BCUT2D eigenvalue weighted by atomic mass is 10.2. The molecule has 2 saturated heterocycles. The second-order valence-electron chi connectivity index (χ2n) is 5.33. The largest absolute Gasteiger partial charge is 0.298 e. The van der Waals surface area contributed by atoms with Crippen LogP contribution in [0.15, 0.2) is 23.4 Å². The van der Waals surface area contributed by atoms with Gasteiger partial charge in [-0.3, -0.25) is 4.90 Å². The molecule has 0 N–H and O–H groups in total. The first kappa shape index (κ1) is 14.3. The molecule has 110 valence electrons. The van der Waals surface area contributed by atoms with E-state index in [1.165, 1.54) is 12.6 Å². The fourth-order valence-corrected chi connectivity index (χ4v) is 4.49. The quantitative estimate of drug-likeness (QED) is 0.789. The van der Waals surface area contributed by atoms with E-state index in [0.29, 0.717) is 25.0 Å². The van der Waals surface area contributed by atoms with E-state index < -0.39 is 10.0 Å². The lowest BCUT2D eigenvalue weighted by molar-refractivity contribution is 0.158. The fraction of sp³-hybridized carbons (Fsp3) is 0.615. The molecular weight excluding hydrogens is 298 g/mol. The van der Waals surface area contributed by atoms with Crippen molar-refractivity contribution >= 4 is 21.6 Å². The van der Waals surface area contributed by atoms with E-state index in [1.54, 1.807) is 16.4 Å². The maximum atomic E-state index is 12.6. The minimum atomic E-state index is -3.47. The van der Waals surface area contributed by atoms with Gasteiger partial charge in [0, 0.05) is 37.8 Å². The monoisotopic (exact) mass is 315 g/mol. The minimum Gasteiger partial charge on any atom is -0.298 e. The highest BCUT2D eigenvalue weighted by molar-refractivity contribution is 7.89. The summed E-state index contributed by atoms with van der Waals surface area (Å²) in [5.74, 6) is 0.341. The number of sulfonamides is 1. The van der Waals surface area contributed by atoms with Crippen LogP contribution in [0.1, 0.15) is 18.4 Å². The molecule has 7 heteroatoms. The third-order valence-corrected chi connectivity index (χ3v) is 6.20. The van der Waals surface area contributed by atoms with Crippen LogP contribution < -0.4 is 0 Å². The Hall–Kier alpha value is -0.690. The highest BCUT2D eigenvalue weighted by Gasteiger charge is 2.36. The standard InChI is InChI=1S/C13H18ClN3O2S/c14-8-11-3-4-13(15-9-11)20(18,19)17-7-6-16-5-1-2-12(16)10-17/h3-4,9,12H,1-2,5-8,10H2. The third kappa shape index (κ3) is 2.57. The predicted molar refractivity (Wildman–Crippen MR) is 77.1 cm³/mol. The molecule has 0 amide bonds. The summed E-state index contributed by atoms with van der Waals surface area (Å²) in [6.07, 6.45) is 3.79. The first-order valence-electron chi connectivity index (χ1n) is 6.86. The minimum absolute atomic E-state index is 0.123. The Balaban J connectivity index is 1.80. The first-order valence-corrected chi connectivity index (χ1v) is 8.84. The Kier molecular flexibility index (Phi) is 3.99. The summed E-state index contributed by atoms with van der Waals surface area (Å²) < 4.78 is 26.7. The molecule has 2 fully saturated rings. The van der Waals surface area contributed by atoms with E-state index in [2.05, 4.69) is 9.88 Å². The summed E-state index contributed by atoms with van der Waals surface area (Å²) in [5.41, 5.74) is 0.825. The van der Waals surface area contributed by atoms with Crippen LogP contribution >= 0.6 is 11.6 Å². The molecule has 3 heterocycles. The topological polar surface area (TPSA) is 53.5 Å². The number of alkyl halides is 1. The van der Waals surface area contributed by atoms with E-state index in [1.807, 2.05) is 0 Å². The SMILES string of the molecule is O=S(=O)(c1ccc(CCl)cn1)N1CCN2CCCC2C1. The van der Waals surface area contributed by atoms with E-state index in [4.69, 9.17) is 11.6 Å². The Morgan fingerprint density at radius 2 is 2.15 bits per heavy atom. The second kappa shape index (κ2) is 5.60. The van der Waals surface area contributed by atoms with Crippen LogP contribution in [0.3, 0.4) is 0 Å². The molecule has 0 aliphatic carbocycles. The number of nitrogens with zero attached hydrogens (tertiary/aromatic N) is 3. The Morgan fingerprint density at radius 3 is 2.85 bits per heavy atom. The van der Waals surface area contributed by atoms with Crippen molar-refractivity contribution in [3.63, 3.8) is 0 Å². The molecule has 20 heavy (non-hydrogen) atoms. The molecule has 2 aliphatic heterocycles. The van der Waals surface area contributed by atoms with Crippen molar-refractivity contribution in [1.29, 1.82) is 0 Å². The Bertz CT molecular complexity index is 576. The Labute approximate surface area is 124 Å². The van der Waals surface area contributed by atoms with Gasteiger partial charge in [0.25, 0.3) is 10.0 Å². The number of halogens is 1. The average Bonchev–Trinajstić information content (AvgIpc) is 2.94. The lowest BCUT2D eigenvalue weighted by Gasteiger charge is -2.36. The van der Waals surface area contributed by atoms with Crippen LogP contribution in [0, 0.1) is 0 Å². The molecule has 0 aromatic carbocycles. The zero-order valence-electron chi connectivity index (χ0n) is 11.2. The van der Waals surface area contributed by atoms with Gasteiger partial charge in [0.2, 0.25) is 0 Å². The summed E-state index contributed by atoms with van der Waals surface area (Å²) in [6.45, 7) is 3.06. The third-order valence-electron chi connectivity index (χ3n) is 4.11. The van der Waals surface area contributed by atoms with Crippen LogP contribution in [0.5, 0.6) is 0 Å². The number of piperazine rings is 1. The van der Waals surface area contributed by atoms with E-state index in [0.717, 1.165) is 25.1 Å². The summed E-state index contributed by atoms with van der Waals surface area (Å²) in [5, 5.41) is 0.123. The summed E-state index contributed by atoms with van der Waals surface area (Å²) >= 11 is 5.70. The number of pyridine rings is 1. The number of rotatable bonds is 3. The highest BCUT2D eigenvalue weighted by Crippen LogP contribution is 2.25. The van der Waals surface area contributed by atoms with Gasteiger partial charge in [0.05, 0.1) is 0 Å². The van der Waals surface area contributed by atoms with E-state index >= 15 is 0 Å². The molecule has 0 saturated carbocycles. The molecule has 2 aliphatic rings. The van der Waals surface area contributed by atoms with Crippen molar-refractivity contribution in [3.8, 4) is 0 Å². The van der Waals surface area contributed by atoms with Gasteiger partial charge >= 0.3 is 0 Å². The van der Waals surface area contributed by atoms with E-state index in [9.17, 15) is 8.42 Å². The molecule has 5 nitrogen and oxygen atoms in total. The second-order valence-corrected chi connectivity index (χ2v) is 7.49. The van der Waals surface area contributed by atoms with Crippen molar-refractivity contribution in [2.75, 3.05) is 26.2 Å². The molecule has 1 unspecified atom stereocenters. The molecule has 1 aromatic heterocycles. The van der Waals surface area contributed by atoms with Crippen molar-refractivity contribution in [1.82, 2.24) is 14.2 Å². The number of hydrogen-bond acceptors (Lipinski definition) is 4. The van der Waals surface area contributed by atoms with Crippen LogP contribution in [0.25, 0.3) is 0 Å². The van der Waals surface area contributed by atoms with Crippen LogP contribution in [0.4, 0.5) is 0 Å². The van der Waals surface area contributed by atoms with Crippen LogP contribution in [-0.4, -0.2) is 54.8 Å². The van der Waals surface area contributed by atoms with Gasteiger partial charge in [-0.2, -0.15) is 4.31 Å². The zero-order valence-corrected chi connectivity index (χ0v) is 12.8. The number of fused-ring (bicyclic) bond motifs is 1. The lowest BCUT2D eigenvalue weighted by Crippen LogP contribution is -2.52. The molecule has 0 spiro atoms.